The van der Waals surface area contributed by atoms with E-state index in [9.17, 15) is 9.90 Å². The van der Waals surface area contributed by atoms with Crippen LogP contribution in [0, 0.1) is 5.41 Å². The number of aliphatic hydroxyl groups excluding tert-OH is 1. The fourth-order valence-electron chi connectivity index (χ4n) is 4.46. The summed E-state index contributed by atoms with van der Waals surface area (Å²) in [6, 6.07) is 6.16. The van der Waals surface area contributed by atoms with Crippen molar-refractivity contribution in [3.63, 3.8) is 0 Å². The summed E-state index contributed by atoms with van der Waals surface area (Å²) in [6.07, 6.45) is 4.92. The van der Waals surface area contributed by atoms with E-state index in [2.05, 4.69) is 32.4 Å². The molecule has 4 rings (SSSR count). The number of carbonyl (C=O) groups is 1. The number of hydrogen-bond donors (Lipinski definition) is 2. The topological polar surface area (TPSA) is 92.5 Å². The van der Waals surface area contributed by atoms with Crippen LogP contribution in [0.5, 0.6) is 5.75 Å². The monoisotopic (exact) mass is 385 g/mol. The quantitative estimate of drug-likeness (QED) is 0.791. The number of piperidine rings is 2. The number of aliphatic hydroxyl groups is 1. The van der Waals surface area contributed by atoms with Gasteiger partial charge in [0.1, 0.15) is 18.4 Å². The fraction of sp³-hybridized carbons (Fsp3) is 0.550. The molecule has 0 bridgehead atoms. The molecule has 28 heavy (non-hydrogen) atoms. The van der Waals surface area contributed by atoms with Gasteiger partial charge in [0.2, 0.25) is 5.91 Å². The van der Waals surface area contributed by atoms with Gasteiger partial charge in [-0.15, -0.1) is 0 Å². The van der Waals surface area contributed by atoms with Gasteiger partial charge in [0.05, 0.1) is 25.2 Å². The molecule has 3 heterocycles. The van der Waals surface area contributed by atoms with E-state index in [1.54, 1.807) is 18.1 Å². The summed E-state index contributed by atoms with van der Waals surface area (Å²) in [4.78, 5) is 18.8. The van der Waals surface area contributed by atoms with E-state index in [1.165, 1.54) is 6.33 Å². The number of hydrogen-bond acceptors (Lipinski definition) is 6. The first-order chi connectivity index (χ1) is 13.6. The molecule has 2 aromatic rings. The fourth-order valence-corrected chi connectivity index (χ4v) is 4.46. The van der Waals surface area contributed by atoms with Crippen molar-refractivity contribution in [2.24, 2.45) is 5.41 Å². The van der Waals surface area contributed by atoms with Crippen LogP contribution in [0.2, 0.25) is 0 Å². The molecule has 2 aliphatic rings. The Morgan fingerprint density at radius 3 is 3.04 bits per heavy atom. The third-order valence-electron chi connectivity index (χ3n) is 5.95. The summed E-state index contributed by atoms with van der Waals surface area (Å²) in [5.41, 5.74) is 1.51. The lowest BCUT2D eigenvalue weighted by Crippen LogP contribution is -2.61. The first kappa shape index (κ1) is 18.9. The highest BCUT2D eigenvalue weighted by Gasteiger charge is 2.49. The molecule has 2 N–H and O–H groups in total. The molecule has 8 nitrogen and oxygen atoms in total. The van der Waals surface area contributed by atoms with E-state index in [0.29, 0.717) is 26.1 Å². The summed E-state index contributed by atoms with van der Waals surface area (Å²) in [5.74, 6) is 0.814. The second kappa shape index (κ2) is 7.89. The first-order valence-electron chi connectivity index (χ1n) is 9.78. The third-order valence-corrected chi connectivity index (χ3v) is 5.95. The number of ether oxygens (including phenoxy) is 1. The Morgan fingerprint density at radius 1 is 1.39 bits per heavy atom. The van der Waals surface area contributed by atoms with Crippen molar-refractivity contribution >= 4 is 5.91 Å². The second-order valence-corrected chi connectivity index (χ2v) is 7.77. The average molecular weight is 385 g/mol. The number of nitrogens with zero attached hydrogens (tertiary/aromatic N) is 4. The van der Waals surface area contributed by atoms with Crippen molar-refractivity contribution in [1.82, 2.24) is 25.0 Å². The van der Waals surface area contributed by atoms with Crippen LogP contribution >= 0.6 is 0 Å². The molecule has 2 aliphatic heterocycles. The number of aromatic nitrogens is 3. The van der Waals surface area contributed by atoms with Gasteiger partial charge < -0.3 is 15.2 Å². The number of likely N-dealkylation sites (tertiary alicyclic amines) is 1. The Kier molecular flexibility index (Phi) is 5.32. The van der Waals surface area contributed by atoms with Crippen molar-refractivity contribution < 1.29 is 14.6 Å². The van der Waals surface area contributed by atoms with Gasteiger partial charge in [0.15, 0.2) is 0 Å². The summed E-state index contributed by atoms with van der Waals surface area (Å²) in [7, 11) is 1.66. The van der Waals surface area contributed by atoms with E-state index in [-0.39, 0.29) is 5.91 Å². The molecule has 2 saturated heterocycles. The van der Waals surface area contributed by atoms with Crippen LogP contribution in [-0.2, 0) is 17.9 Å². The van der Waals surface area contributed by atoms with Crippen molar-refractivity contribution in [3.05, 3.63) is 42.0 Å². The van der Waals surface area contributed by atoms with E-state index >= 15 is 0 Å². The SMILES string of the molecule is COc1ccc(CN2CC[C@@H](O)[C@@]3(CCCNC3=O)C2)cc1Cn1cncn1. The van der Waals surface area contributed by atoms with Crippen LogP contribution in [0.4, 0.5) is 0 Å². The van der Waals surface area contributed by atoms with E-state index < -0.39 is 11.5 Å². The normalized spacial score (nSPS) is 25.6. The standard InChI is InChI=1S/C20H27N5O3/c1-28-17-4-3-15(9-16(17)11-25-14-21-13-23-25)10-24-8-5-18(26)20(12-24)6-2-7-22-19(20)27/h3-4,9,13-14,18,26H,2,5-8,10-12H2,1H3,(H,22,27)/t18-,20-/m1/s1. The molecule has 1 spiro atoms. The average Bonchev–Trinajstić information content (AvgIpc) is 3.20. The van der Waals surface area contributed by atoms with Crippen LogP contribution in [0.25, 0.3) is 0 Å². The highest BCUT2D eigenvalue weighted by atomic mass is 16.5. The Balaban J connectivity index is 1.51. The number of carbonyl (C=O) groups excluding carboxylic acids is 1. The summed E-state index contributed by atoms with van der Waals surface area (Å²) >= 11 is 0. The predicted molar refractivity (Wildman–Crippen MR) is 103 cm³/mol. The molecular weight excluding hydrogens is 358 g/mol. The van der Waals surface area contributed by atoms with E-state index in [0.717, 1.165) is 42.8 Å². The Hall–Kier alpha value is -2.45. The maximum atomic E-state index is 12.6. The Morgan fingerprint density at radius 2 is 2.29 bits per heavy atom. The molecule has 0 unspecified atom stereocenters. The third kappa shape index (κ3) is 3.62. The lowest BCUT2D eigenvalue weighted by Gasteiger charge is -2.47. The number of amides is 1. The number of rotatable bonds is 5. The summed E-state index contributed by atoms with van der Waals surface area (Å²) in [5, 5.41) is 17.7. The van der Waals surface area contributed by atoms with Crippen LogP contribution in [0.1, 0.15) is 30.4 Å². The molecule has 8 heteroatoms. The van der Waals surface area contributed by atoms with Crippen LogP contribution in [0.15, 0.2) is 30.9 Å². The lowest BCUT2D eigenvalue weighted by atomic mass is 9.71. The molecule has 150 valence electrons. The van der Waals surface area contributed by atoms with Gasteiger partial charge in [0, 0.05) is 31.7 Å². The van der Waals surface area contributed by atoms with Gasteiger partial charge in [-0.2, -0.15) is 5.10 Å². The zero-order chi connectivity index (χ0) is 19.6. The van der Waals surface area contributed by atoms with Crippen LogP contribution < -0.4 is 10.1 Å². The molecule has 0 aliphatic carbocycles. The Labute approximate surface area is 164 Å². The number of nitrogens with one attached hydrogen (secondary N) is 1. The minimum absolute atomic E-state index is 0.00227. The second-order valence-electron chi connectivity index (χ2n) is 7.77. The molecular formula is C20H27N5O3. The molecule has 0 saturated carbocycles. The highest BCUT2D eigenvalue weighted by molar-refractivity contribution is 5.84. The van der Waals surface area contributed by atoms with Crippen LogP contribution in [0.3, 0.4) is 0 Å². The van der Waals surface area contributed by atoms with Crippen LogP contribution in [-0.4, -0.2) is 63.5 Å². The molecule has 1 aromatic carbocycles. The van der Waals surface area contributed by atoms with E-state index in [1.807, 2.05) is 6.07 Å². The van der Waals surface area contributed by atoms with Gasteiger partial charge in [-0.1, -0.05) is 6.07 Å². The predicted octanol–water partition coefficient (Wildman–Crippen LogP) is 0.798. The highest BCUT2D eigenvalue weighted by Crippen LogP contribution is 2.37. The van der Waals surface area contributed by atoms with Crippen molar-refractivity contribution in [2.75, 3.05) is 26.7 Å². The smallest absolute Gasteiger partial charge is 0.230 e. The molecule has 2 fully saturated rings. The molecule has 2 atom stereocenters. The molecule has 1 aromatic heterocycles. The lowest BCUT2D eigenvalue weighted by molar-refractivity contribution is -0.149. The van der Waals surface area contributed by atoms with Gasteiger partial charge in [-0.3, -0.25) is 9.69 Å². The van der Waals surface area contributed by atoms with Gasteiger partial charge in [0.25, 0.3) is 0 Å². The summed E-state index contributed by atoms with van der Waals surface area (Å²) < 4.78 is 7.26. The number of methoxy groups -OCH3 is 1. The first-order valence-corrected chi connectivity index (χ1v) is 9.78. The minimum Gasteiger partial charge on any atom is -0.496 e. The van der Waals surface area contributed by atoms with Gasteiger partial charge in [-0.05, 0) is 37.0 Å². The van der Waals surface area contributed by atoms with Gasteiger partial charge >= 0.3 is 0 Å². The zero-order valence-corrected chi connectivity index (χ0v) is 16.2. The van der Waals surface area contributed by atoms with Gasteiger partial charge in [-0.25, -0.2) is 9.67 Å². The maximum absolute atomic E-state index is 12.6. The van der Waals surface area contributed by atoms with Crippen molar-refractivity contribution in [2.45, 2.75) is 38.5 Å². The van der Waals surface area contributed by atoms with Crippen molar-refractivity contribution in [1.29, 1.82) is 0 Å². The van der Waals surface area contributed by atoms with E-state index in [4.69, 9.17) is 4.74 Å². The number of benzene rings is 1. The summed E-state index contributed by atoms with van der Waals surface area (Å²) in [6.45, 7) is 3.39. The Bertz CT molecular complexity index is 825. The largest absolute Gasteiger partial charge is 0.496 e. The zero-order valence-electron chi connectivity index (χ0n) is 16.2. The minimum atomic E-state index is -0.674. The molecule has 0 radical (unpaired) electrons. The van der Waals surface area contributed by atoms with Crippen molar-refractivity contribution in [3.8, 4) is 5.75 Å². The maximum Gasteiger partial charge on any atom is 0.230 e. The molecule has 1 amide bonds.